The fourth-order valence-corrected chi connectivity index (χ4v) is 2.28. The van der Waals surface area contributed by atoms with E-state index in [0.29, 0.717) is 35.4 Å². The van der Waals surface area contributed by atoms with Crippen molar-refractivity contribution in [3.05, 3.63) is 47.2 Å². The molecule has 114 valence electrons. The average molecular weight is 320 g/mol. The molecule has 0 atom stereocenters. The van der Waals surface area contributed by atoms with Crippen molar-refractivity contribution in [2.45, 2.75) is 6.10 Å². The molecule has 7 heteroatoms. The summed E-state index contributed by atoms with van der Waals surface area (Å²) in [4.78, 5) is 22.1. The molecule has 0 unspecified atom stereocenters. The lowest BCUT2D eigenvalue weighted by Crippen LogP contribution is -2.56. The standard InChI is InChI=1S/C15H14ClN3O3/c1-21-14-12(3-2-6-17-14)15(20)19-8-11(9-19)22-13-5-4-10(16)7-18-13/h2-7,11H,8-9H2,1H3. The molecule has 0 aliphatic carbocycles. The Bertz CT molecular complexity index is 672. The van der Waals surface area contributed by atoms with Crippen LogP contribution < -0.4 is 9.47 Å². The maximum Gasteiger partial charge on any atom is 0.259 e. The van der Waals surface area contributed by atoms with Crippen molar-refractivity contribution in [1.82, 2.24) is 14.9 Å². The topological polar surface area (TPSA) is 64.5 Å². The molecule has 0 aromatic carbocycles. The highest BCUT2D eigenvalue weighted by Crippen LogP contribution is 2.22. The van der Waals surface area contributed by atoms with Crippen LogP contribution in [0.15, 0.2) is 36.7 Å². The van der Waals surface area contributed by atoms with Crippen LogP contribution in [0, 0.1) is 0 Å². The monoisotopic (exact) mass is 319 g/mol. The average Bonchev–Trinajstić information content (AvgIpc) is 2.51. The molecule has 3 heterocycles. The zero-order valence-corrected chi connectivity index (χ0v) is 12.7. The van der Waals surface area contributed by atoms with E-state index in [1.807, 2.05) is 0 Å². The second-order valence-electron chi connectivity index (χ2n) is 4.82. The summed E-state index contributed by atoms with van der Waals surface area (Å²) in [5.41, 5.74) is 0.452. The lowest BCUT2D eigenvalue weighted by molar-refractivity contribution is 0.0157. The van der Waals surface area contributed by atoms with Crippen LogP contribution in [-0.2, 0) is 0 Å². The van der Waals surface area contributed by atoms with Crippen LogP contribution in [0.2, 0.25) is 5.02 Å². The normalized spacial score (nSPS) is 14.4. The second kappa shape index (κ2) is 6.19. The first-order valence-corrected chi connectivity index (χ1v) is 7.11. The van der Waals surface area contributed by atoms with Crippen molar-refractivity contribution < 1.29 is 14.3 Å². The third-order valence-electron chi connectivity index (χ3n) is 3.32. The largest absolute Gasteiger partial charge is 0.480 e. The molecule has 0 saturated carbocycles. The Balaban J connectivity index is 1.58. The van der Waals surface area contributed by atoms with Crippen molar-refractivity contribution in [2.24, 2.45) is 0 Å². The van der Waals surface area contributed by atoms with Gasteiger partial charge in [0.25, 0.3) is 5.91 Å². The third kappa shape index (κ3) is 2.96. The number of carbonyl (C=O) groups is 1. The van der Waals surface area contributed by atoms with E-state index in [-0.39, 0.29) is 12.0 Å². The number of ether oxygens (including phenoxy) is 2. The predicted molar refractivity (Wildman–Crippen MR) is 80.4 cm³/mol. The summed E-state index contributed by atoms with van der Waals surface area (Å²) in [6.45, 7) is 1.00. The van der Waals surface area contributed by atoms with E-state index >= 15 is 0 Å². The summed E-state index contributed by atoms with van der Waals surface area (Å²) < 4.78 is 10.8. The molecule has 0 radical (unpaired) electrons. The molecule has 2 aromatic heterocycles. The summed E-state index contributed by atoms with van der Waals surface area (Å²) >= 11 is 5.77. The van der Waals surface area contributed by atoms with Gasteiger partial charge in [-0.1, -0.05) is 11.6 Å². The summed E-state index contributed by atoms with van der Waals surface area (Å²) in [6.07, 6.45) is 3.04. The molecule has 0 bridgehead atoms. The number of methoxy groups -OCH3 is 1. The molecule has 6 nitrogen and oxygen atoms in total. The smallest absolute Gasteiger partial charge is 0.259 e. The van der Waals surface area contributed by atoms with Gasteiger partial charge in [0.15, 0.2) is 0 Å². The first kappa shape index (κ1) is 14.6. The van der Waals surface area contributed by atoms with Crippen LogP contribution in [-0.4, -0.2) is 47.1 Å². The minimum absolute atomic E-state index is 0.0692. The molecule has 1 amide bonds. The minimum Gasteiger partial charge on any atom is -0.480 e. The second-order valence-corrected chi connectivity index (χ2v) is 5.26. The highest BCUT2D eigenvalue weighted by Gasteiger charge is 2.34. The first-order valence-electron chi connectivity index (χ1n) is 6.74. The van der Waals surface area contributed by atoms with Gasteiger partial charge in [-0.2, -0.15) is 0 Å². The summed E-state index contributed by atoms with van der Waals surface area (Å²) in [7, 11) is 1.49. The molecule has 1 fully saturated rings. The van der Waals surface area contributed by atoms with Crippen molar-refractivity contribution in [3.63, 3.8) is 0 Å². The molecule has 1 aliphatic heterocycles. The van der Waals surface area contributed by atoms with Gasteiger partial charge in [-0.15, -0.1) is 0 Å². The van der Waals surface area contributed by atoms with Crippen LogP contribution >= 0.6 is 11.6 Å². The molecule has 3 rings (SSSR count). The highest BCUT2D eigenvalue weighted by atomic mass is 35.5. The van der Waals surface area contributed by atoms with Gasteiger partial charge in [-0.3, -0.25) is 4.79 Å². The van der Waals surface area contributed by atoms with E-state index in [4.69, 9.17) is 21.1 Å². The zero-order chi connectivity index (χ0) is 15.5. The lowest BCUT2D eigenvalue weighted by Gasteiger charge is -2.38. The zero-order valence-electron chi connectivity index (χ0n) is 11.9. The predicted octanol–water partition coefficient (Wildman–Crippen LogP) is 2.04. The van der Waals surface area contributed by atoms with E-state index in [0.717, 1.165) is 0 Å². The maximum absolute atomic E-state index is 12.4. The molecule has 0 spiro atoms. The van der Waals surface area contributed by atoms with E-state index in [1.54, 1.807) is 35.4 Å². The molecule has 2 aromatic rings. The number of rotatable bonds is 4. The Morgan fingerprint density at radius 2 is 2.14 bits per heavy atom. The van der Waals surface area contributed by atoms with Gasteiger partial charge in [-0.05, 0) is 18.2 Å². The Morgan fingerprint density at radius 3 is 2.82 bits per heavy atom. The summed E-state index contributed by atoms with van der Waals surface area (Å²) in [5, 5.41) is 0.557. The van der Waals surface area contributed by atoms with E-state index in [2.05, 4.69) is 9.97 Å². The van der Waals surface area contributed by atoms with E-state index < -0.39 is 0 Å². The van der Waals surface area contributed by atoms with Crippen LogP contribution in [0.1, 0.15) is 10.4 Å². The number of aromatic nitrogens is 2. The highest BCUT2D eigenvalue weighted by molar-refractivity contribution is 6.30. The van der Waals surface area contributed by atoms with Crippen molar-refractivity contribution >= 4 is 17.5 Å². The van der Waals surface area contributed by atoms with Crippen LogP contribution in [0.5, 0.6) is 11.8 Å². The third-order valence-corrected chi connectivity index (χ3v) is 3.54. The van der Waals surface area contributed by atoms with Crippen molar-refractivity contribution in [1.29, 1.82) is 0 Å². The first-order chi connectivity index (χ1) is 10.7. The van der Waals surface area contributed by atoms with Gasteiger partial charge in [0.05, 0.1) is 25.2 Å². The van der Waals surface area contributed by atoms with Gasteiger partial charge in [0, 0.05) is 18.5 Å². The molecular formula is C15H14ClN3O3. The number of hydrogen-bond acceptors (Lipinski definition) is 5. The van der Waals surface area contributed by atoms with Crippen LogP contribution in [0.3, 0.4) is 0 Å². The number of carbonyl (C=O) groups excluding carboxylic acids is 1. The number of pyridine rings is 2. The number of halogens is 1. The maximum atomic E-state index is 12.4. The molecule has 1 saturated heterocycles. The summed E-state index contributed by atoms with van der Waals surface area (Å²) in [5.74, 6) is 0.713. The Kier molecular flexibility index (Phi) is 4.11. The Hall–Kier alpha value is -2.34. The quantitative estimate of drug-likeness (QED) is 0.863. The molecular weight excluding hydrogens is 306 g/mol. The molecule has 0 N–H and O–H groups in total. The van der Waals surface area contributed by atoms with Crippen molar-refractivity contribution in [2.75, 3.05) is 20.2 Å². The fraction of sp³-hybridized carbons (Fsp3) is 0.267. The van der Waals surface area contributed by atoms with Gasteiger partial charge in [0.1, 0.15) is 11.7 Å². The lowest BCUT2D eigenvalue weighted by atomic mass is 10.1. The SMILES string of the molecule is COc1ncccc1C(=O)N1CC(Oc2ccc(Cl)cn2)C1. The fourth-order valence-electron chi connectivity index (χ4n) is 2.17. The van der Waals surface area contributed by atoms with E-state index in [1.165, 1.54) is 13.3 Å². The minimum atomic E-state index is -0.117. The van der Waals surface area contributed by atoms with Gasteiger partial charge in [0.2, 0.25) is 11.8 Å². The van der Waals surface area contributed by atoms with Gasteiger partial charge in [-0.25, -0.2) is 9.97 Å². The number of hydrogen-bond donors (Lipinski definition) is 0. The van der Waals surface area contributed by atoms with Crippen molar-refractivity contribution in [3.8, 4) is 11.8 Å². The number of likely N-dealkylation sites (tertiary alicyclic amines) is 1. The molecule has 22 heavy (non-hydrogen) atoms. The summed E-state index contributed by atoms with van der Waals surface area (Å²) in [6, 6.07) is 6.83. The van der Waals surface area contributed by atoms with Crippen LogP contribution in [0.4, 0.5) is 0 Å². The number of amides is 1. The van der Waals surface area contributed by atoms with Crippen LogP contribution in [0.25, 0.3) is 0 Å². The Morgan fingerprint density at radius 1 is 1.32 bits per heavy atom. The Labute approximate surface area is 132 Å². The van der Waals surface area contributed by atoms with E-state index in [9.17, 15) is 4.79 Å². The number of nitrogens with zero attached hydrogens (tertiary/aromatic N) is 3. The van der Waals surface area contributed by atoms with Gasteiger partial charge >= 0.3 is 0 Å². The molecule has 1 aliphatic rings. The van der Waals surface area contributed by atoms with Gasteiger partial charge < -0.3 is 14.4 Å².